The second-order valence-electron chi connectivity index (χ2n) is 4.49. The van der Waals surface area contributed by atoms with E-state index in [4.69, 9.17) is 27.7 Å². The number of nitrogens with zero attached hydrogens (tertiary/aromatic N) is 1. The Morgan fingerprint density at radius 1 is 1.38 bits per heavy atom. The van der Waals surface area contributed by atoms with Crippen LogP contribution in [-0.4, -0.2) is 11.1 Å². The second kappa shape index (κ2) is 5.73. The van der Waals surface area contributed by atoms with Crippen molar-refractivity contribution in [3.63, 3.8) is 0 Å². The van der Waals surface area contributed by atoms with Crippen LogP contribution in [0.4, 0.5) is 17.1 Å². The number of rotatable bonds is 3. The van der Waals surface area contributed by atoms with Crippen molar-refractivity contribution in [1.29, 1.82) is 5.26 Å². The van der Waals surface area contributed by atoms with Crippen molar-refractivity contribution < 1.29 is 9.90 Å². The number of nitrogen functional groups attached to an aromatic ring is 1. The van der Waals surface area contributed by atoms with Crippen LogP contribution in [0.2, 0.25) is 5.02 Å². The van der Waals surface area contributed by atoms with Crippen LogP contribution >= 0.6 is 11.6 Å². The van der Waals surface area contributed by atoms with Gasteiger partial charge in [-0.1, -0.05) is 11.6 Å². The smallest absolute Gasteiger partial charge is 0.337 e. The van der Waals surface area contributed by atoms with Gasteiger partial charge in [-0.2, -0.15) is 5.26 Å². The van der Waals surface area contributed by atoms with Crippen LogP contribution in [0.3, 0.4) is 0 Å². The summed E-state index contributed by atoms with van der Waals surface area (Å²) < 4.78 is 0. The Balaban J connectivity index is 2.45. The second-order valence-corrected chi connectivity index (χ2v) is 4.90. The first-order valence-electron chi connectivity index (χ1n) is 6.02. The zero-order valence-corrected chi connectivity index (χ0v) is 11.9. The van der Waals surface area contributed by atoms with Crippen molar-refractivity contribution in [3.8, 4) is 6.07 Å². The molecule has 0 atom stereocenters. The molecule has 0 spiro atoms. The lowest BCUT2D eigenvalue weighted by Crippen LogP contribution is -2.05. The quantitative estimate of drug-likeness (QED) is 0.753. The molecule has 106 valence electrons. The molecule has 5 nitrogen and oxygen atoms in total. The predicted octanol–water partition coefficient (Wildman–Crippen LogP) is 3.54. The van der Waals surface area contributed by atoms with E-state index in [9.17, 15) is 4.79 Å². The van der Waals surface area contributed by atoms with Gasteiger partial charge in [-0.15, -0.1) is 0 Å². The molecule has 2 aromatic rings. The van der Waals surface area contributed by atoms with Crippen LogP contribution < -0.4 is 11.1 Å². The normalized spacial score (nSPS) is 9.95. The van der Waals surface area contributed by atoms with Gasteiger partial charge in [-0.25, -0.2) is 4.79 Å². The van der Waals surface area contributed by atoms with E-state index < -0.39 is 5.97 Å². The number of benzene rings is 2. The summed E-state index contributed by atoms with van der Waals surface area (Å²) in [6.45, 7) is 1.72. The van der Waals surface area contributed by atoms with Crippen LogP contribution in [0.5, 0.6) is 0 Å². The fourth-order valence-corrected chi connectivity index (χ4v) is 2.06. The predicted molar refractivity (Wildman–Crippen MR) is 82.0 cm³/mol. The standard InChI is InChI=1S/C15H12ClN3O2/c1-8-4-10(6-11(14(8)18)15(20)21)19-13-5-9(7-17)2-3-12(13)16/h2-6,19H,18H2,1H3,(H,20,21). The maximum Gasteiger partial charge on any atom is 0.337 e. The fourth-order valence-electron chi connectivity index (χ4n) is 1.89. The zero-order chi connectivity index (χ0) is 15.6. The highest BCUT2D eigenvalue weighted by Crippen LogP contribution is 2.29. The molecule has 2 rings (SSSR count). The Bertz CT molecular complexity index is 766. The van der Waals surface area contributed by atoms with Crippen LogP contribution in [0.1, 0.15) is 21.5 Å². The molecule has 0 saturated heterocycles. The van der Waals surface area contributed by atoms with Gasteiger partial charge in [-0.3, -0.25) is 0 Å². The van der Waals surface area contributed by atoms with Gasteiger partial charge in [0.15, 0.2) is 0 Å². The number of anilines is 3. The molecular formula is C15H12ClN3O2. The van der Waals surface area contributed by atoms with Crippen LogP contribution in [0, 0.1) is 18.3 Å². The molecule has 2 aromatic carbocycles. The van der Waals surface area contributed by atoms with E-state index in [0.717, 1.165) is 0 Å². The summed E-state index contributed by atoms with van der Waals surface area (Å²) in [6, 6.07) is 9.96. The van der Waals surface area contributed by atoms with Crippen molar-refractivity contribution in [2.75, 3.05) is 11.1 Å². The Hall–Kier alpha value is -2.71. The van der Waals surface area contributed by atoms with Gasteiger partial charge in [-0.05, 0) is 42.8 Å². The summed E-state index contributed by atoms with van der Waals surface area (Å²) in [7, 11) is 0. The first-order valence-corrected chi connectivity index (χ1v) is 6.40. The molecule has 21 heavy (non-hydrogen) atoms. The molecule has 0 bridgehead atoms. The van der Waals surface area contributed by atoms with Gasteiger partial charge in [0.25, 0.3) is 0 Å². The highest BCUT2D eigenvalue weighted by atomic mass is 35.5. The average Bonchev–Trinajstić information content (AvgIpc) is 2.44. The molecule has 0 amide bonds. The minimum Gasteiger partial charge on any atom is -0.478 e. The Morgan fingerprint density at radius 2 is 2.10 bits per heavy atom. The maximum atomic E-state index is 11.2. The third-order valence-electron chi connectivity index (χ3n) is 2.99. The van der Waals surface area contributed by atoms with Gasteiger partial charge in [0.1, 0.15) is 0 Å². The molecule has 0 radical (unpaired) electrons. The van der Waals surface area contributed by atoms with Gasteiger partial charge >= 0.3 is 5.97 Å². The number of nitriles is 1. The van der Waals surface area contributed by atoms with Crippen LogP contribution in [-0.2, 0) is 0 Å². The SMILES string of the molecule is Cc1cc(Nc2cc(C#N)ccc2Cl)cc(C(=O)O)c1N. The van der Waals surface area contributed by atoms with Crippen LogP contribution in [0.25, 0.3) is 0 Å². The number of nitrogens with two attached hydrogens (primary N) is 1. The Kier molecular flexibility index (Phi) is 4.01. The van der Waals surface area contributed by atoms with E-state index in [1.54, 1.807) is 31.2 Å². The summed E-state index contributed by atoms with van der Waals surface area (Å²) in [4.78, 5) is 11.2. The summed E-state index contributed by atoms with van der Waals surface area (Å²) in [5, 5.41) is 21.5. The van der Waals surface area contributed by atoms with E-state index >= 15 is 0 Å². The first kappa shape index (κ1) is 14.7. The average molecular weight is 302 g/mol. The monoisotopic (exact) mass is 301 g/mol. The molecule has 0 fully saturated rings. The molecule has 0 unspecified atom stereocenters. The van der Waals surface area contributed by atoms with E-state index in [1.165, 1.54) is 6.07 Å². The lowest BCUT2D eigenvalue weighted by Gasteiger charge is -2.12. The van der Waals surface area contributed by atoms with E-state index in [2.05, 4.69) is 5.32 Å². The zero-order valence-electron chi connectivity index (χ0n) is 11.1. The number of hydrogen-bond acceptors (Lipinski definition) is 4. The largest absolute Gasteiger partial charge is 0.478 e. The van der Waals surface area contributed by atoms with Gasteiger partial charge in [0, 0.05) is 11.4 Å². The molecule has 0 aromatic heterocycles. The fraction of sp³-hybridized carbons (Fsp3) is 0.0667. The van der Waals surface area contributed by atoms with Crippen molar-refractivity contribution in [2.45, 2.75) is 6.92 Å². The van der Waals surface area contributed by atoms with Crippen molar-refractivity contribution in [3.05, 3.63) is 52.0 Å². The molecular weight excluding hydrogens is 290 g/mol. The Labute approximate surface area is 126 Å². The number of carboxylic acids is 1. The number of carbonyl (C=O) groups is 1. The maximum absolute atomic E-state index is 11.2. The molecule has 0 aliphatic carbocycles. The number of hydrogen-bond donors (Lipinski definition) is 3. The minimum absolute atomic E-state index is 0.0186. The topological polar surface area (TPSA) is 99.1 Å². The number of aromatic carboxylic acids is 1. The van der Waals surface area contributed by atoms with Gasteiger partial charge in [0.2, 0.25) is 0 Å². The van der Waals surface area contributed by atoms with E-state index in [0.29, 0.717) is 27.5 Å². The summed E-state index contributed by atoms with van der Waals surface area (Å²) in [6.07, 6.45) is 0. The lowest BCUT2D eigenvalue weighted by atomic mass is 10.1. The van der Waals surface area contributed by atoms with Crippen molar-refractivity contribution >= 4 is 34.6 Å². The number of halogens is 1. The molecule has 0 aliphatic heterocycles. The molecule has 0 aliphatic rings. The number of carboxylic acid groups (broad SMARTS) is 1. The van der Waals surface area contributed by atoms with Crippen LogP contribution in [0.15, 0.2) is 30.3 Å². The number of nitrogens with one attached hydrogen (secondary N) is 1. The minimum atomic E-state index is -1.10. The summed E-state index contributed by atoms with van der Waals surface area (Å²) in [5.41, 5.74) is 8.15. The van der Waals surface area contributed by atoms with Gasteiger partial charge in [0.05, 0.1) is 27.9 Å². The van der Waals surface area contributed by atoms with E-state index in [-0.39, 0.29) is 11.3 Å². The van der Waals surface area contributed by atoms with E-state index in [1.807, 2.05) is 6.07 Å². The highest BCUT2D eigenvalue weighted by molar-refractivity contribution is 6.33. The third-order valence-corrected chi connectivity index (χ3v) is 3.32. The molecule has 4 N–H and O–H groups in total. The summed E-state index contributed by atoms with van der Waals surface area (Å²) in [5.74, 6) is -1.10. The van der Waals surface area contributed by atoms with Crippen molar-refractivity contribution in [2.24, 2.45) is 0 Å². The summed E-state index contributed by atoms with van der Waals surface area (Å²) >= 11 is 6.06. The Morgan fingerprint density at radius 3 is 2.71 bits per heavy atom. The molecule has 0 heterocycles. The lowest BCUT2D eigenvalue weighted by molar-refractivity contribution is 0.0698. The number of aryl methyl sites for hydroxylation is 1. The third kappa shape index (κ3) is 3.07. The van der Waals surface area contributed by atoms with Gasteiger partial charge < -0.3 is 16.2 Å². The van der Waals surface area contributed by atoms with Crippen molar-refractivity contribution in [1.82, 2.24) is 0 Å². The first-order chi connectivity index (χ1) is 9.92. The molecule has 6 heteroatoms. The molecule has 0 saturated carbocycles. The highest BCUT2D eigenvalue weighted by Gasteiger charge is 2.12.